The molecule has 2 N–H and O–H groups in total. The van der Waals surface area contributed by atoms with E-state index in [9.17, 15) is 0 Å². The number of guanidine groups is 1. The van der Waals surface area contributed by atoms with Gasteiger partial charge in [0.25, 0.3) is 0 Å². The quantitative estimate of drug-likeness (QED) is 0.378. The summed E-state index contributed by atoms with van der Waals surface area (Å²) in [6, 6.07) is 0. The molecule has 0 aliphatic heterocycles. The Morgan fingerprint density at radius 3 is 2.62 bits per heavy atom. The SMILES string of the molecule is C=CCNC(=NC)NCC(CC)CCCC. The first-order valence-corrected chi connectivity index (χ1v) is 6.33. The molecule has 0 aliphatic rings. The molecule has 0 rings (SSSR count). The normalized spacial score (nSPS) is 13.3. The van der Waals surface area contributed by atoms with Gasteiger partial charge in [0.1, 0.15) is 0 Å². The summed E-state index contributed by atoms with van der Waals surface area (Å²) in [5.41, 5.74) is 0. The zero-order valence-electron chi connectivity index (χ0n) is 11.1. The van der Waals surface area contributed by atoms with Crippen LogP contribution in [0.1, 0.15) is 39.5 Å². The van der Waals surface area contributed by atoms with Crippen molar-refractivity contribution in [1.82, 2.24) is 10.6 Å². The summed E-state index contributed by atoms with van der Waals surface area (Å²) in [5, 5.41) is 6.53. The van der Waals surface area contributed by atoms with E-state index in [2.05, 4.69) is 36.1 Å². The largest absolute Gasteiger partial charge is 0.356 e. The summed E-state index contributed by atoms with van der Waals surface area (Å²) in [4.78, 5) is 4.16. The van der Waals surface area contributed by atoms with Crippen LogP contribution in [-0.4, -0.2) is 26.1 Å². The van der Waals surface area contributed by atoms with Crippen LogP contribution < -0.4 is 10.6 Å². The molecule has 0 heterocycles. The van der Waals surface area contributed by atoms with Gasteiger partial charge in [-0.05, 0) is 12.3 Å². The van der Waals surface area contributed by atoms with E-state index < -0.39 is 0 Å². The maximum absolute atomic E-state index is 4.16. The Hall–Kier alpha value is -0.990. The predicted molar refractivity (Wildman–Crippen MR) is 72.9 cm³/mol. The minimum absolute atomic E-state index is 0.752. The third-order valence-corrected chi connectivity index (χ3v) is 2.74. The Balaban J connectivity index is 3.83. The van der Waals surface area contributed by atoms with Crippen molar-refractivity contribution in [3.8, 4) is 0 Å². The van der Waals surface area contributed by atoms with Gasteiger partial charge in [-0.25, -0.2) is 0 Å². The maximum atomic E-state index is 4.16. The van der Waals surface area contributed by atoms with E-state index in [0.717, 1.165) is 25.0 Å². The molecule has 0 amide bonds. The van der Waals surface area contributed by atoms with E-state index in [1.54, 1.807) is 7.05 Å². The molecule has 0 aromatic carbocycles. The van der Waals surface area contributed by atoms with Gasteiger partial charge in [-0.15, -0.1) is 6.58 Å². The third-order valence-electron chi connectivity index (χ3n) is 2.74. The van der Waals surface area contributed by atoms with Crippen LogP contribution in [0, 0.1) is 5.92 Å². The van der Waals surface area contributed by atoms with Gasteiger partial charge in [0, 0.05) is 20.1 Å². The fraction of sp³-hybridized carbons (Fsp3) is 0.769. The number of rotatable bonds is 8. The number of nitrogens with one attached hydrogen (secondary N) is 2. The third kappa shape index (κ3) is 7.32. The molecule has 0 saturated carbocycles. The topological polar surface area (TPSA) is 36.4 Å². The van der Waals surface area contributed by atoms with Crippen LogP contribution >= 0.6 is 0 Å². The maximum Gasteiger partial charge on any atom is 0.191 e. The molecular formula is C13H27N3. The molecule has 94 valence electrons. The van der Waals surface area contributed by atoms with E-state index in [1.807, 2.05) is 6.08 Å². The smallest absolute Gasteiger partial charge is 0.191 e. The van der Waals surface area contributed by atoms with E-state index in [1.165, 1.54) is 25.7 Å². The number of hydrogen-bond acceptors (Lipinski definition) is 1. The van der Waals surface area contributed by atoms with Crippen LogP contribution in [0.25, 0.3) is 0 Å². The second-order valence-electron chi connectivity index (χ2n) is 4.04. The molecule has 0 spiro atoms. The van der Waals surface area contributed by atoms with Crippen molar-refractivity contribution in [1.29, 1.82) is 0 Å². The van der Waals surface area contributed by atoms with Crippen LogP contribution in [-0.2, 0) is 0 Å². The molecule has 1 unspecified atom stereocenters. The van der Waals surface area contributed by atoms with Crippen LogP contribution in [0.4, 0.5) is 0 Å². The number of nitrogens with zero attached hydrogens (tertiary/aromatic N) is 1. The lowest BCUT2D eigenvalue weighted by Gasteiger charge is -2.17. The van der Waals surface area contributed by atoms with Crippen molar-refractivity contribution in [2.75, 3.05) is 20.1 Å². The van der Waals surface area contributed by atoms with Crippen LogP contribution in [0.2, 0.25) is 0 Å². The number of unbranched alkanes of at least 4 members (excludes halogenated alkanes) is 1. The van der Waals surface area contributed by atoms with Crippen molar-refractivity contribution in [3.05, 3.63) is 12.7 Å². The van der Waals surface area contributed by atoms with Gasteiger partial charge in [-0.2, -0.15) is 0 Å². The van der Waals surface area contributed by atoms with Crippen molar-refractivity contribution >= 4 is 5.96 Å². The van der Waals surface area contributed by atoms with Gasteiger partial charge in [0.05, 0.1) is 0 Å². The second-order valence-corrected chi connectivity index (χ2v) is 4.04. The summed E-state index contributed by atoms with van der Waals surface area (Å²) in [6.45, 7) is 9.93. The highest BCUT2D eigenvalue weighted by Crippen LogP contribution is 2.10. The van der Waals surface area contributed by atoms with Crippen molar-refractivity contribution in [3.63, 3.8) is 0 Å². The first kappa shape index (κ1) is 15.0. The number of hydrogen-bond donors (Lipinski definition) is 2. The highest BCUT2D eigenvalue weighted by molar-refractivity contribution is 5.79. The van der Waals surface area contributed by atoms with Crippen LogP contribution in [0.3, 0.4) is 0 Å². The van der Waals surface area contributed by atoms with E-state index >= 15 is 0 Å². The van der Waals surface area contributed by atoms with E-state index in [0.29, 0.717) is 0 Å². The molecule has 0 aliphatic carbocycles. The second kappa shape index (κ2) is 10.5. The Morgan fingerprint density at radius 1 is 1.38 bits per heavy atom. The summed E-state index contributed by atoms with van der Waals surface area (Å²) >= 11 is 0. The molecule has 3 nitrogen and oxygen atoms in total. The monoisotopic (exact) mass is 225 g/mol. The van der Waals surface area contributed by atoms with Gasteiger partial charge in [-0.3, -0.25) is 4.99 Å². The lowest BCUT2D eigenvalue weighted by Crippen LogP contribution is -2.39. The van der Waals surface area contributed by atoms with Gasteiger partial charge >= 0.3 is 0 Å². The summed E-state index contributed by atoms with van der Waals surface area (Å²) in [6.07, 6.45) is 6.96. The van der Waals surface area contributed by atoms with Crippen LogP contribution in [0.5, 0.6) is 0 Å². The Bertz CT molecular complexity index is 199. The van der Waals surface area contributed by atoms with Gasteiger partial charge < -0.3 is 10.6 Å². The molecule has 0 fully saturated rings. The van der Waals surface area contributed by atoms with Crippen LogP contribution in [0.15, 0.2) is 17.6 Å². The zero-order valence-corrected chi connectivity index (χ0v) is 11.1. The number of aliphatic imine (C=N–C) groups is 1. The van der Waals surface area contributed by atoms with Gasteiger partial charge in [0.15, 0.2) is 5.96 Å². The highest BCUT2D eigenvalue weighted by atomic mass is 15.2. The van der Waals surface area contributed by atoms with Gasteiger partial charge in [-0.1, -0.05) is 39.2 Å². The standard InChI is InChI=1S/C13H27N3/c1-5-8-9-12(7-3)11-16-13(14-4)15-10-6-2/h6,12H,2,5,7-11H2,1,3-4H3,(H2,14,15,16). The average molecular weight is 225 g/mol. The first-order valence-electron chi connectivity index (χ1n) is 6.33. The van der Waals surface area contributed by atoms with Gasteiger partial charge in [0.2, 0.25) is 0 Å². The Morgan fingerprint density at radius 2 is 2.12 bits per heavy atom. The highest BCUT2D eigenvalue weighted by Gasteiger charge is 2.06. The van der Waals surface area contributed by atoms with Crippen molar-refractivity contribution in [2.24, 2.45) is 10.9 Å². The lowest BCUT2D eigenvalue weighted by molar-refractivity contribution is 0.444. The molecule has 1 atom stereocenters. The summed E-state index contributed by atoms with van der Waals surface area (Å²) < 4.78 is 0. The first-order chi connectivity index (χ1) is 7.78. The molecule has 0 bridgehead atoms. The average Bonchev–Trinajstić information content (AvgIpc) is 2.33. The zero-order chi connectivity index (χ0) is 12.2. The molecule has 0 saturated heterocycles. The Kier molecular flexibility index (Phi) is 9.87. The molecule has 0 aromatic rings. The van der Waals surface area contributed by atoms with E-state index in [-0.39, 0.29) is 0 Å². The predicted octanol–water partition coefficient (Wildman–Crippen LogP) is 2.55. The fourth-order valence-corrected chi connectivity index (χ4v) is 1.57. The summed E-state index contributed by atoms with van der Waals surface area (Å²) in [5.74, 6) is 1.62. The molecule has 0 aromatic heterocycles. The van der Waals surface area contributed by atoms with E-state index in [4.69, 9.17) is 0 Å². The molecule has 0 radical (unpaired) electrons. The van der Waals surface area contributed by atoms with Crippen molar-refractivity contribution in [2.45, 2.75) is 39.5 Å². The Labute approximate surface area is 100 Å². The minimum atomic E-state index is 0.752. The lowest BCUT2D eigenvalue weighted by atomic mass is 9.99. The molecule has 3 heteroatoms. The summed E-state index contributed by atoms with van der Waals surface area (Å²) in [7, 11) is 1.80. The fourth-order valence-electron chi connectivity index (χ4n) is 1.57. The molecule has 16 heavy (non-hydrogen) atoms. The molecular weight excluding hydrogens is 198 g/mol. The minimum Gasteiger partial charge on any atom is -0.356 e. The van der Waals surface area contributed by atoms with Crippen molar-refractivity contribution < 1.29 is 0 Å².